The fourth-order valence-corrected chi connectivity index (χ4v) is 2.70. The first-order valence-corrected chi connectivity index (χ1v) is 8.08. The van der Waals surface area contributed by atoms with Crippen LogP contribution in [0.4, 0.5) is 5.69 Å². The van der Waals surface area contributed by atoms with Gasteiger partial charge in [-0.25, -0.2) is 0 Å². The van der Waals surface area contributed by atoms with Gasteiger partial charge in [0.2, 0.25) is 0 Å². The van der Waals surface area contributed by atoms with Crippen LogP contribution in [-0.4, -0.2) is 18.1 Å². The van der Waals surface area contributed by atoms with Crippen molar-refractivity contribution in [2.75, 3.05) is 11.4 Å². The van der Waals surface area contributed by atoms with Crippen molar-refractivity contribution in [3.05, 3.63) is 28.8 Å². The van der Waals surface area contributed by atoms with Gasteiger partial charge in [0.25, 0.3) is 0 Å². The van der Waals surface area contributed by atoms with Crippen LogP contribution in [0.3, 0.4) is 0 Å². The summed E-state index contributed by atoms with van der Waals surface area (Å²) in [5.74, 6) is 0. The lowest BCUT2D eigenvalue weighted by Gasteiger charge is -2.26. The van der Waals surface area contributed by atoms with E-state index in [0.29, 0.717) is 6.04 Å². The Morgan fingerprint density at radius 3 is 2.50 bits per heavy atom. The zero-order valence-electron chi connectivity index (χ0n) is 13.2. The highest BCUT2D eigenvalue weighted by atomic mass is 35.5. The van der Waals surface area contributed by atoms with Gasteiger partial charge in [-0.2, -0.15) is 0 Å². The van der Waals surface area contributed by atoms with E-state index in [9.17, 15) is 0 Å². The minimum Gasteiger partial charge on any atom is -0.367 e. The van der Waals surface area contributed by atoms with E-state index < -0.39 is 0 Å². The average Bonchev–Trinajstić information content (AvgIpc) is 3.18. The topological polar surface area (TPSA) is 15.3 Å². The first-order valence-electron chi connectivity index (χ1n) is 7.71. The number of anilines is 1. The third kappa shape index (κ3) is 4.39. The highest BCUT2D eigenvalue weighted by Gasteiger charge is 2.29. The molecule has 1 aliphatic rings. The van der Waals surface area contributed by atoms with Gasteiger partial charge in [-0.15, -0.1) is 0 Å². The van der Waals surface area contributed by atoms with Crippen molar-refractivity contribution in [3.8, 4) is 0 Å². The summed E-state index contributed by atoms with van der Waals surface area (Å²) in [5, 5.41) is 4.39. The second kappa shape index (κ2) is 6.36. The molecule has 1 N–H and O–H groups in total. The molecule has 3 heteroatoms. The number of benzene rings is 1. The van der Waals surface area contributed by atoms with E-state index in [2.05, 4.69) is 56.1 Å². The molecule has 1 aromatic rings. The van der Waals surface area contributed by atoms with Crippen molar-refractivity contribution in [3.63, 3.8) is 0 Å². The Morgan fingerprint density at radius 2 is 2.00 bits per heavy atom. The summed E-state index contributed by atoms with van der Waals surface area (Å²) in [5.41, 5.74) is 2.59. The maximum absolute atomic E-state index is 6.51. The number of hydrogen-bond acceptors (Lipinski definition) is 2. The molecule has 1 aromatic carbocycles. The smallest absolute Gasteiger partial charge is 0.0642 e. The van der Waals surface area contributed by atoms with Crippen LogP contribution in [0.1, 0.15) is 52.5 Å². The fourth-order valence-electron chi connectivity index (χ4n) is 2.39. The van der Waals surface area contributed by atoms with Crippen molar-refractivity contribution in [1.29, 1.82) is 0 Å². The van der Waals surface area contributed by atoms with Crippen LogP contribution in [0.25, 0.3) is 0 Å². The van der Waals surface area contributed by atoms with Crippen LogP contribution in [0, 0.1) is 0 Å². The lowest BCUT2D eigenvalue weighted by Crippen LogP contribution is -2.35. The lowest BCUT2D eigenvalue weighted by molar-refractivity contribution is 0.424. The van der Waals surface area contributed by atoms with Crippen LogP contribution >= 0.6 is 11.6 Å². The van der Waals surface area contributed by atoms with E-state index in [4.69, 9.17) is 11.6 Å². The fraction of sp³-hybridized carbons (Fsp3) is 0.647. The highest BCUT2D eigenvalue weighted by Crippen LogP contribution is 2.36. The molecule has 112 valence electrons. The van der Waals surface area contributed by atoms with Crippen LogP contribution in [-0.2, 0) is 6.54 Å². The lowest BCUT2D eigenvalue weighted by atomic mass is 10.1. The molecule has 1 saturated carbocycles. The molecule has 0 saturated heterocycles. The Morgan fingerprint density at radius 1 is 1.30 bits per heavy atom. The Labute approximate surface area is 128 Å². The third-order valence-corrected chi connectivity index (χ3v) is 3.90. The summed E-state index contributed by atoms with van der Waals surface area (Å²) >= 11 is 6.51. The minimum absolute atomic E-state index is 0.132. The molecule has 20 heavy (non-hydrogen) atoms. The monoisotopic (exact) mass is 294 g/mol. The summed E-state index contributed by atoms with van der Waals surface area (Å²) in [6.07, 6.45) is 3.79. The molecule has 0 amide bonds. The Kier molecular flexibility index (Phi) is 4.98. The van der Waals surface area contributed by atoms with Gasteiger partial charge in [-0.05, 0) is 57.7 Å². The van der Waals surface area contributed by atoms with E-state index in [-0.39, 0.29) is 5.54 Å². The summed E-state index contributed by atoms with van der Waals surface area (Å²) in [6, 6.07) is 7.22. The van der Waals surface area contributed by atoms with Crippen LogP contribution in [0.2, 0.25) is 5.02 Å². The van der Waals surface area contributed by atoms with Crippen molar-refractivity contribution >= 4 is 17.3 Å². The van der Waals surface area contributed by atoms with Gasteiger partial charge in [0.1, 0.15) is 0 Å². The van der Waals surface area contributed by atoms with E-state index in [1.165, 1.54) is 30.5 Å². The maximum atomic E-state index is 6.51. The number of hydrogen-bond donors (Lipinski definition) is 1. The maximum Gasteiger partial charge on any atom is 0.0642 e. The van der Waals surface area contributed by atoms with Gasteiger partial charge in [0.15, 0.2) is 0 Å². The SMILES string of the molecule is CCCN(c1ccc(CNC(C)(C)C)cc1Cl)C1CC1. The summed E-state index contributed by atoms with van der Waals surface area (Å²) in [7, 11) is 0. The normalized spacial score (nSPS) is 15.4. The molecule has 1 fully saturated rings. The van der Waals surface area contributed by atoms with E-state index >= 15 is 0 Å². The molecule has 0 atom stereocenters. The minimum atomic E-state index is 0.132. The molecule has 2 nitrogen and oxygen atoms in total. The van der Waals surface area contributed by atoms with Crippen molar-refractivity contribution in [1.82, 2.24) is 5.32 Å². The van der Waals surface area contributed by atoms with Crippen LogP contribution in [0.15, 0.2) is 18.2 Å². The zero-order chi connectivity index (χ0) is 14.8. The predicted molar refractivity (Wildman–Crippen MR) is 88.7 cm³/mol. The molecule has 0 bridgehead atoms. The molecule has 0 aliphatic heterocycles. The van der Waals surface area contributed by atoms with Gasteiger partial charge >= 0.3 is 0 Å². The molecular weight excluding hydrogens is 268 g/mol. The van der Waals surface area contributed by atoms with Crippen LogP contribution in [0.5, 0.6) is 0 Å². The van der Waals surface area contributed by atoms with Gasteiger partial charge in [0, 0.05) is 24.7 Å². The Bertz CT molecular complexity index is 447. The molecule has 0 unspecified atom stereocenters. The largest absolute Gasteiger partial charge is 0.367 e. The number of halogens is 1. The van der Waals surface area contributed by atoms with Crippen molar-refractivity contribution in [2.45, 2.75) is 65.1 Å². The van der Waals surface area contributed by atoms with E-state index in [1.54, 1.807) is 0 Å². The van der Waals surface area contributed by atoms with E-state index in [1.807, 2.05) is 0 Å². The van der Waals surface area contributed by atoms with Gasteiger partial charge in [0.05, 0.1) is 10.7 Å². The van der Waals surface area contributed by atoms with Crippen molar-refractivity contribution in [2.24, 2.45) is 0 Å². The average molecular weight is 295 g/mol. The standard InChI is InChI=1S/C17H27ClN2/c1-5-10-20(14-7-8-14)16-9-6-13(11-15(16)18)12-19-17(2,3)4/h6,9,11,14,19H,5,7-8,10,12H2,1-4H3. The number of rotatable bonds is 6. The van der Waals surface area contributed by atoms with Crippen LogP contribution < -0.4 is 10.2 Å². The van der Waals surface area contributed by atoms with E-state index in [0.717, 1.165) is 18.1 Å². The third-order valence-electron chi connectivity index (χ3n) is 3.60. The number of nitrogens with one attached hydrogen (secondary N) is 1. The molecule has 0 aromatic heterocycles. The van der Waals surface area contributed by atoms with Gasteiger partial charge in [-0.3, -0.25) is 0 Å². The zero-order valence-corrected chi connectivity index (χ0v) is 13.9. The second-order valence-corrected chi connectivity index (χ2v) is 7.22. The summed E-state index contributed by atoms with van der Waals surface area (Å²) in [6.45, 7) is 10.7. The predicted octanol–water partition coefficient (Wildman–Crippen LogP) is 4.61. The molecule has 0 heterocycles. The first kappa shape index (κ1) is 15.7. The Balaban J connectivity index is 2.08. The number of nitrogens with zero attached hydrogens (tertiary/aromatic N) is 1. The van der Waals surface area contributed by atoms with Gasteiger partial charge in [-0.1, -0.05) is 24.6 Å². The Hall–Kier alpha value is -0.730. The molecule has 0 spiro atoms. The highest BCUT2D eigenvalue weighted by molar-refractivity contribution is 6.33. The quantitative estimate of drug-likeness (QED) is 0.824. The van der Waals surface area contributed by atoms with Gasteiger partial charge < -0.3 is 10.2 Å². The molecular formula is C17H27ClN2. The summed E-state index contributed by atoms with van der Waals surface area (Å²) in [4.78, 5) is 2.48. The summed E-state index contributed by atoms with van der Waals surface area (Å²) < 4.78 is 0. The molecule has 2 rings (SSSR count). The molecule has 0 radical (unpaired) electrons. The first-order chi connectivity index (χ1) is 9.40. The van der Waals surface area contributed by atoms with Crippen molar-refractivity contribution < 1.29 is 0 Å². The second-order valence-electron chi connectivity index (χ2n) is 6.81. The molecule has 1 aliphatic carbocycles.